The van der Waals surface area contributed by atoms with Gasteiger partial charge in [0.25, 0.3) is 5.91 Å². The van der Waals surface area contributed by atoms with Crippen molar-refractivity contribution < 1.29 is 19.1 Å². The van der Waals surface area contributed by atoms with Crippen LogP contribution in [0.5, 0.6) is 11.5 Å². The molecule has 168 valence electrons. The van der Waals surface area contributed by atoms with Crippen molar-refractivity contribution in [2.75, 3.05) is 6.61 Å². The van der Waals surface area contributed by atoms with Crippen LogP contribution in [0.4, 0.5) is 0 Å². The lowest BCUT2D eigenvalue weighted by Gasteiger charge is -2.06. The molecule has 0 atom stereocenters. The Balaban J connectivity index is 1.46. The number of unbranched alkanes of at least 4 members (excludes halogenated alkanes) is 1. The normalized spacial score (nSPS) is 10.9. The number of benzene rings is 3. The van der Waals surface area contributed by atoms with Crippen molar-refractivity contribution in [1.29, 1.82) is 0 Å². The average molecular weight is 443 g/mol. The molecule has 3 rings (SSSR count). The van der Waals surface area contributed by atoms with E-state index in [4.69, 9.17) is 9.47 Å². The van der Waals surface area contributed by atoms with Gasteiger partial charge in [0, 0.05) is 11.6 Å². The fourth-order valence-electron chi connectivity index (χ4n) is 2.77. The van der Waals surface area contributed by atoms with E-state index in [1.165, 1.54) is 12.3 Å². The van der Waals surface area contributed by atoms with Crippen LogP contribution >= 0.6 is 0 Å². The first-order valence-corrected chi connectivity index (χ1v) is 10.8. The molecule has 0 bridgehead atoms. The number of carbonyl (C=O) groups is 2. The van der Waals surface area contributed by atoms with Crippen LogP contribution in [0.3, 0.4) is 0 Å². The topological polar surface area (TPSA) is 77.0 Å². The molecule has 1 amide bonds. The van der Waals surface area contributed by atoms with Crippen molar-refractivity contribution >= 4 is 24.2 Å². The summed E-state index contributed by atoms with van der Waals surface area (Å²) in [5.41, 5.74) is 4.64. The van der Waals surface area contributed by atoms with Crippen LogP contribution in [0, 0.1) is 0 Å². The van der Waals surface area contributed by atoms with E-state index in [2.05, 4.69) is 17.5 Å². The zero-order valence-electron chi connectivity index (χ0n) is 18.4. The summed E-state index contributed by atoms with van der Waals surface area (Å²) in [6.07, 6.45) is 6.65. The Kier molecular flexibility index (Phi) is 8.97. The Morgan fingerprint density at radius 2 is 1.58 bits per heavy atom. The van der Waals surface area contributed by atoms with Crippen molar-refractivity contribution in [3.63, 3.8) is 0 Å². The molecule has 3 aromatic rings. The number of esters is 1. The van der Waals surface area contributed by atoms with E-state index in [9.17, 15) is 9.59 Å². The van der Waals surface area contributed by atoms with Crippen LogP contribution in [0.1, 0.15) is 41.3 Å². The van der Waals surface area contributed by atoms with Crippen LogP contribution in [0.25, 0.3) is 6.08 Å². The van der Waals surface area contributed by atoms with E-state index >= 15 is 0 Å². The molecule has 0 aromatic heterocycles. The molecular weight excluding hydrogens is 416 g/mol. The minimum Gasteiger partial charge on any atom is -0.494 e. The number of nitrogens with zero attached hydrogens (tertiary/aromatic N) is 1. The van der Waals surface area contributed by atoms with Crippen molar-refractivity contribution in [3.05, 3.63) is 102 Å². The average Bonchev–Trinajstić information content (AvgIpc) is 2.85. The lowest BCUT2D eigenvalue weighted by atomic mass is 10.2. The highest BCUT2D eigenvalue weighted by Gasteiger charge is 2.05. The number of rotatable bonds is 10. The lowest BCUT2D eigenvalue weighted by Crippen LogP contribution is -2.17. The third-order valence-electron chi connectivity index (χ3n) is 4.57. The second-order valence-electron chi connectivity index (χ2n) is 7.16. The maximum Gasteiger partial charge on any atom is 0.336 e. The molecule has 0 aliphatic heterocycles. The molecule has 0 heterocycles. The zero-order valence-corrected chi connectivity index (χ0v) is 18.4. The van der Waals surface area contributed by atoms with E-state index in [1.54, 1.807) is 54.6 Å². The molecule has 0 aliphatic rings. The summed E-state index contributed by atoms with van der Waals surface area (Å²) in [5, 5.41) is 3.98. The van der Waals surface area contributed by atoms with Gasteiger partial charge < -0.3 is 9.47 Å². The number of nitrogens with one attached hydrogen (secondary N) is 1. The molecule has 1 N–H and O–H groups in total. The highest BCUT2D eigenvalue weighted by Crippen LogP contribution is 2.14. The summed E-state index contributed by atoms with van der Waals surface area (Å²) in [4.78, 5) is 24.2. The fourth-order valence-corrected chi connectivity index (χ4v) is 2.77. The van der Waals surface area contributed by atoms with Crippen LogP contribution in [0.2, 0.25) is 0 Å². The van der Waals surface area contributed by atoms with Gasteiger partial charge in [-0.2, -0.15) is 5.10 Å². The van der Waals surface area contributed by atoms with E-state index in [-0.39, 0.29) is 5.91 Å². The SMILES string of the molecule is CCCCOc1ccc(C(=O)N/N=C/c2ccc(OC(=O)/C=C/c3ccccc3)cc2)cc1. The first kappa shape index (κ1) is 23.5. The molecule has 0 fully saturated rings. The first-order valence-electron chi connectivity index (χ1n) is 10.8. The molecule has 6 heteroatoms. The van der Waals surface area contributed by atoms with Gasteiger partial charge in [0.1, 0.15) is 11.5 Å². The van der Waals surface area contributed by atoms with Gasteiger partial charge in [-0.05, 0) is 72.2 Å². The Morgan fingerprint density at radius 3 is 2.27 bits per heavy atom. The molecule has 6 nitrogen and oxygen atoms in total. The lowest BCUT2D eigenvalue weighted by molar-refractivity contribution is -0.128. The third kappa shape index (κ3) is 8.10. The maximum atomic E-state index is 12.2. The van der Waals surface area contributed by atoms with Crippen LogP contribution in [-0.4, -0.2) is 24.7 Å². The molecule has 0 radical (unpaired) electrons. The number of hydrogen-bond acceptors (Lipinski definition) is 5. The van der Waals surface area contributed by atoms with Gasteiger partial charge in [-0.25, -0.2) is 10.2 Å². The second kappa shape index (κ2) is 12.6. The van der Waals surface area contributed by atoms with E-state index < -0.39 is 5.97 Å². The minimum atomic E-state index is -0.464. The largest absolute Gasteiger partial charge is 0.494 e. The number of hydrazone groups is 1. The smallest absolute Gasteiger partial charge is 0.336 e. The van der Waals surface area contributed by atoms with E-state index in [1.807, 2.05) is 30.3 Å². The molecule has 0 saturated carbocycles. The van der Waals surface area contributed by atoms with E-state index in [0.29, 0.717) is 17.9 Å². The molecule has 0 spiro atoms. The Hall–Kier alpha value is -4.19. The number of hydrogen-bond donors (Lipinski definition) is 1. The minimum absolute atomic E-state index is 0.317. The highest BCUT2D eigenvalue weighted by atomic mass is 16.5. The zero-order chi connectivity index (χ0) is 23.3. The van der Waals surface area contributed by atoms with E-state index in [0.717, 1.165) is 29.7 Å². The van der Waals surface area contributed by atoms with Crippen LogP contribution in [0.15, 0.2) is 90.0 Å². The first-order chi connectivity index (χ1) is 16.1. The quantitative estimate of drug-likeness (QED) is 0.116. The third-order valence-corrected chi connectivity index (χ3v) is 4.57. The maximum absolute atomic E-state index is 12.2. The Bertz CT molecular complexity index is 1090. The molecular formula is C27H26N2O4. The predicted octanol–water partition coefficient (Wildman–Crippen LogP) is 5.25. The van der Waals surface area contributed by atoms with Crippen molar-refractivity contribution in [3.8, 4) is 11.5 Å². The molecule has 0 unspecified atom stereocenters. The van der Waals surface area contributed by atoms with Gasteiger partial charge in [0.05, 0.1) is 12.8 Å². The van der Waals surface area contributed by atoms with Crippen molar-refractivity contribution in [2.24, 2.45) is 5.10 Å². The molecule has 33 heavy (non-hydrogen) atoms. The predicted molar refractivity (Wildman–Crippen MR) is 129 cm³/mol. The highest BCUT2D eigenvalue weighted by molar-refractivity contribution is 5.95. The summed E-state index contributed by atoms with van der Waals surface area (Å²) in [7, 11) is 0. The molecule has 0 saturated heterocycles. The van der Waals surface area contributed by atoms with Gasteiger partial charge in [-0.15, -0.1) is 0 Å². The van der Waals surface area contributed by atoms with Gasteiger partial charge in [-0.3, -0.25) is 4.79 Å². The van der Waals surface area contributed by atoms with Gasteiger partial charge in [0.15, 0.2) is 0 Å². The summed E-state index contributed by atoms with van der Waals surface area (Å²) in [6, 6.07) is 23.2. The fraction of sp³-hybridized carbons (Fsp3) is 0.148. The Labute approximate surface area is 193 Å². The van der Waals surface area contributed by atoms with Crippen molar-refractivity contribution in [1.82, 2.24) is 5.43 Å². The number of carbonyl (C=O) groups excluding carboxylic acids is 2. The monoisotopic (exact) mass is 442 g/mol. The van der Waals surface area contributed by atoms with Gasteiger partial charge in [0.2, 0.25) is 0 Å². The van der Waals surface area contributed by atoms with Crippen LogP contribution in [-0.2, 0) is 4.79 Å². The Morgan fingerprint density at radius 1 is 0.879 bits per heavy atom. The summed E-state index contributed by atoms with van der Waals surface area (Å²) in [5.74, 6) is 0.372. The van der Waals surface area contributed by atoms with Crippen molar-refractivity contribution in [2.45, 2.75) is 19.8 Å². The standard InChI is InChI=1S/C27H26N2O4/c1-2-3-19-32-24-16-12-23(13-17-24)27(31)29-28-20-22-9-14-25(15-10-22)33-26(30)18-11-21-7-5-4-6-8-21/h4-18,20H,2-3,19H2,1H3,(H,29,31)/b18-11+,28-20+. The summed E-state index contributed by atoms with van der Waals surface area (Å²) >= 11 is 0. The second-order valence-corrected chi connectivity index (χ2v) is 7.16. The molecule has 3 aromatic carbocycles. The van der Waals surface area contributed by atoms with Gasteiger partial charge >= 0.3 is 5.97 Å². The van der Waals surface area contributed by atoms with Gasteiger partial charge in [-0.1, -0.05) is 43.7 Å². The molecule has 0 aliphatic carbocycles. The number of amides is 1. The summed E-state index contributed by atoms with van der Waals surface area (Å²) in [6.45, 7) is 2.76. The number of ether oxygens (including phenoxy) is 2. The summed E-state index contributed by atoms with van der Waals surface area (Å²) < 4.78 is 10.9. The van der Waals surface area contributed by atoms with Crippen LogP contribution < -0.4 is 14.9 Å².